The van der Waals surface area contributed by atoms with Crippen LogP contribution in [-0.4, -0.2) is 23.0 Å². The fraction of sp³-hybridized carbons (Fsp3) is 0.0938. The zero-order valence-corrected chi connectivity index (χ0v) is 22.6. The first-order chi connectivity index (χ1) is 19.5. The molecule has 0 bridgehead atoms. The number of aromatic nitrogens is 2. The van der Waals surface area contributed by atoms with Crippen LogP contribution in [0.3, 0.4) is 0 Å². The van der Waals surface area contributed by atoms with Crippen LogP contribution in [0.4, 0.5) is 0 Å². The van der Waals surface area contributed by atoms with E-state index < -0.39 is 0 Å². The van der Waals surface area contributed by atoms with E-state index in [1.165, 1.54) is 16.5 Å². The molecule has 2 aromatic heterocycles. The van der Waals surface area contributed by atoms with Crippen LogP contribution in [0.25, 0.3) is 33.5 Å². The van der Waals surface area contributed by atoms with Gasteiger partial charge in [0.15, 0.2) is 17.3 Å². The second-order valence-electron chi connectivity index (χ2n) is 9.27. The van der Waals surface area contributed by atoms with E-state index in [1.807, 2.05) is 67.6 Å². The highest BCUT2D eigenvalue weighted by Gasteiger charge is 2.17. The van der Waals surface area contributed by atoms with Crippen LogP contribution in [0.15, 0.2) is 105 Å². The number of halogens is 1. The summed E-state index contributed by atoms with van der Waals surface area (Å²) in [7, 11) is 1.54. The lowest BCUT2D eigenvalue weighted by Gasteiger charge is -2.13. The molecule has 0 radical (unpaired) electrons. The molecule has 0 aliphatic carbocycles. The number of para-hydroxylation sites is 2. The van der Waals surface area contributed by atoms with E-state index >= 15 is 0 Å². The van der Waals surface area contributed by atoms with Gasteiger partial charge in [-0.3, -0.25) is 4.79 Å². The van der Waals surface area contributed by atoms with Crippen molar-refractivity contribution in [2.75, 3.05) is 7.11 Å². The van der Waals surface area contributed by atoms with Crippen molar-refractivity contribution in [1.29, 1.82) is 0 Å². The SMILES string of the molecule is COc1cc(C=Nn2c(-c3cc4ccccc4o3)nc3ccccc3c2=O)cc(Cl)c1OCc1ccc(C)cc1. The molecule has 40 heavy (non-hydrogen) atoms. The fourth-order valence-electron chi connectivity index (χ4n) is 4.40. The van der Waals surface area contributed by atoms with Gasteiger partial charge in [-0.05, 0) is 54.4 Å². The monoisotopic (exact) mass is 549 g/mol. The Hall–Kier alpha value is -4.88. The normalized spacial score (nSPS) is 11.5. The number of benzene rings is 4. The van der Waals surface area contributed by atoms with Crippen molar-refractivity contribution in [3.05, 3.63) is 123 Å². The lowest BCUT2D eigenvalue weighted by molar-refractivity contribution is 0.284. The van der Waals surface area contributed by atoms with Gasteiger partial charge in [0.05, 0.1) is 29.2 Å². The maximum Gasteiger partial charge on any atom is 0.282 e. The molecule has 0 aliphatic heterocycles. The van der Waals surface area contributed by atoms with Crippen LogP contribution >= 0.6 is 11.6 Å². The summed E-state index contributed by atoms with van der Waals surface area (Å²) in [5.74, 6) is 1.58. The average Bonchev–Trinajstić information content (AvgIpc) is 3.41. The minimum atomic E-state index is -0.326. The van der Waals surface area contributed by atoms with Crippen LogP contribution in [0.1, 0.15) is 16.7 Å². The lowest BCUT2D eigenvalue weighted by atomic mass is 10.1. The van der Waals surface area contributed by atoms with Gasteiger partial charge >= 0.3 is 0 Å². The third kappa shape index (κ3) is 4.95. The van der Waals surface area contributed by atoms with Crippen molar-refractivity contribution in [2.45, 2.75) is 13.5 Å². The smallest absolute Gasteiger partial charge is 0.282 e. The van der Waals surface area contributed by atoms with E-state index in [2.05, 4.69) is 5.10 Å². The van der Waals surface area contributed by atoms with Gasteiger partial charge in [0.2, 0.25) is 5.82 Å². The standard InChI is InChI=1S/C32H24ClN3O4/c1-20-11-13-21(14-12-20)19-39-30-25(33)15-22(16-28(30)38-2)18-34-36-31(29-17-23-7-3-6-10-27(23)40-29)35-26-9-5-4-8-24(26)32(36)37/h3-18H,19H2,1-2H3. The van der Waals surface area contributed by atoms with Gasteiger partial charge in [-0.1, -0.05) is 71.8 Å². The van der Waals surface area contributed by atoms with Crippen molar-refractivity contribution in [1.82, 2.24) is 9.66 Å². The number of aryl methyl sites for hydroxylation is 1. The van der Waals surface area contributed by atoms with Gasteiger partial charge in [0.1, 0.15) is 12.2 Å². The Balaban J connectivity index is 1.39. The average molecular weight is 550 g/mol. The summed E-state index contributed by atoms with van der Waals surface area (Å²) in [6.45, 7) is 2.37. The fourth-order valence-corrected chi connectivity index (χ4v) is 4.67. The van der Waals surface area contributed by atoms with Crippen molar-refractivity contribution in [3.63, 3.8) is 0 Å². The molecule has 0 spiro atoms. The molecule has 0 unspecified atom stereocenters. The summed E-state index contributed by atoms with van der Waals surface area (Å²) in [5.41, 5.74) is 3.71. The van der Waals surface area contributed by atoms with Gasteiger partial charge in [0.25, 0.3) is 5.56 Å². The molecule has 6 rings (SSSR count). The highest BCUT2D eigenvalue weighted by molar-refractivity contribution is 6.32. The van der Waals surface area contributed by atoms with Gasteiger partial charge in [-0.15, -0.1) is 0 Å². The van der Waals surface area contributed by atoms with Gasteiger partial charge < -0.3 is 13.9 Å². The molecule has 7 nitrogen and oxygen atoms in total. The summed E-state index contributed by atoms with van der Waals surface area (Å²) < 4.78 is 18.8. The molecule has 2 heterocycles. The number of nitrogens with zero attached hydrogens (tertiary/aromatic N) is 3. The molecule has 6 aromatic rings. The molecular formula is C32H24ClN3O4. The van der Waals surface area contributed by atoms with E-state index in [9.17, 15) is 4.79 Å². The summed E-state index contributed by atoms with van der Waals surface area (Å²) >= 11 is 6.61. The minimum Gasteiger partial charge on any atom is -0.493 e. The van der Waals surface area contributed by atoms with Crippen LogP contribution in [0.2, 0.25) is 5.02 Å². The van der Waals surface area contributed by atoms with E-state index in [-0.39, 0.29) is 11.4 Å². The highest BCUT2D eigenvalue weighted by atomic mass is 35.5. The molecule has 4 aromatic carbocycles. The maximum absolute atomic E-state index is 13.5. The van der Waals surface area contributed by atoms with Gasteiger partial charge in [-0.2, -0.15) is 9.78 Å². The summed E-state index contributed by atoms with van der Waals surface area (Å²) in [6, 6.07) is 28.1. The van der Waals surface area contributed by atoms with E-state index in [1.54, 1.807) is 37.4 Å². The Bertz CT molecular complexity index is 1910. The highest BCUT2D eigenvalue weighted by Crippen LogP contribution is 2.37. The zero-order chi connectivity index (χ0) is 27.6. The van der Waals surface area contributed by atoms with Crippen LogP contribution in [0, 0.1) is 6.92 Å². The Labute approximate surface area is 234 Å². The minimum absolute atomic E-state index is 0.285. The van der Waals surface area contributed by atoms with Crippen molar-refractivity contribution in [3.8, 4) is 23.1 Å². The molecule has 8 heteroatoms. The molecular weight excluding hydrogens is 526 g/mol. The number of fused-ring (bicyclic) bond motifs is 2. The van der Waals surface area contributed by atoms with Crippen LogP contribution in [0.5, 0.6) is 11.5 Å². The second-order valence-corrected chi connectivity index (χ2v) is 9.68. The number of methoxy groups -OCH3 is 1. The van der Waals surface area contributed by atoms with E-state index in [4.69, 9.17) is 30.5 Å². The molecule has 0 atom stereocenters. The number of hydrogen-bond donors (Lipinski definition) is 0. The molecule has 0 fully saturated rings. The first-order valence-corrected chi connectivity index (χ1v) is 13.0. The first kappa shape index (κ1) is 25.4. The molecule has 0 amide bonds. The van der Waals surface area contributed by atoms with Gasteiger partial charge in [-0.25, -0.2) is 4.98 Å². The zero-order valence-electron chi connectivity index (χ0n) is 21.8. The third-order valence-electron chi connectivity index (χ3n) is 6.48. The molecule has 0 aliphatic rings. The van der Waals surface area contributed by atoms with Crippen molar-refractivity contribution in [2.24, 2.45) is 5.10 Å². The Morgan fingerprint density at radius 3 is 2.58 bits per heavy atom. The summed E-state index contributed by atoms with van der Waals surface area (Å²) in [4.78, 5) is 18.3. The summed E-state index contributed by atoms with van der Waals surface area (Å²) in [5, 5.41) is 6.21. The van der Waals surface area contributed by atoms with Crippen LogP contribution < -0.4 is 15.0 Å². The molecule has 0 saturated carbocycles. The first-order valence-electron chi connectivity index (χ1n) is 12.6. The number of rotatable bonds is 7. The Kier molecular flexibility index (Phi) is 6.80. The second kappa shape index (κ2) is 10.7. The Morgan fingerprint density at radius 1 is 1.00 bits per heavy atom. The van der Waals surface area contributed by atoms with E-state index in [0.29, 0.717) is 50.9 Å². The lowest BCUT2D eigenvalue weighted by Crippen LogP contribution is -2.20. The van der Waals surface area contributed by atoms with E-state index in [0.717, 1.165) is 10.9 Å². The quantitative estimate of drug-likeness (QED) is 0.196. The Morgan fingerprint density at radius 2 is 1.77 bits per heavy atom. The van der Waals surface area contributed by atoms with Gasteiger partial charge in [0, 0.05) is 5.39 Å². The van der Waals surface area contributed by atoms with Crippen molar-refractivity contribution < 1.29 is 13.9 Å². The third-order valence-corrected chi connectivity index (χ3v) is 6.76. The number of furan rings is 1. The number of ether oxygens (including phenoxy) is 2. The summed E-state index contributed by atoms with van der Waals surface area (Å²) in [6.07, 6.45) is 1.53. The van der Waals surface area contributed by atoms with Crippen molar-refractivity contribution >= 4 is 39.7 Å². The topological polar surface area (TPSA) is 78.9 Å². The predicted octanol–water partition coefficient (Wildman–Crippen LogP) is 7.24. The number of hydrogen-bond acceptors (Lipinski definition) is 6. The largest absolute Gasteiger partial charge is 0.493 e. The molecule has 198 valence electrons. The molecule has 0 saturated heterocycles. The predicted molar refractivity (Wildman–Crippen MR) is 158 cm³/mol. The van der Waals surface area contributed by atoms with Crippen LogP contribution in [-0.2, 0) is 6.61 Å². The molecule has 0 N–H and O–H groups in total. The maximum atomic E-state index is 13.5.